The third-order valence-corrected chi connectivity index (χ3v) is 5.21. The summed E-state index contributed by atoms with van der Waals surface area (Å²) in [5, 5.41) is 10.2. The molecule has 0 fully saturated rings. The van der Waals surface area contributed by atoms with Crippen LogP contribution >= 0.6 is 0 Å². The van der Waals surface area contributed by atoms with Gasteiger partial charge in [0.05, 0.1) is 18.5 Å². The Morgan fingerprint density at radius 3 is 2.32 bits per heavy atom. The second kappa shape index (κ2) is 10.9. The van der Waals surface area contributed by atoms with Crippen LogP contribution in [0.25, 0.3) is 10.9 Å². The first-order valence-corrected chi connectivity index (χ1v) is 10.9. The summed E-state index contributed by atoms with van der Waals surface area (Å²) in [4.78, 5) is 39.0. The molecule has 0 saturated heterocycles. The van der Waals surface area contributed by atoms with E-state index >= 15 is 0 Å². The molecule has 4 aromatic rings. The Morgan fingerprint density at radius 1 is 0.882 bits per heavy atom. The molecule has 1 heterocycles. The largest absolute Gasteiger partial charge is 0.455 e. The van der Waals surface area contributed by atoms with Gasteiger partial charge in [-0.05, 0) is 23.8 Å². The summed E-state index contributed by atoms with van der Waals surface area (Å²) >= 11 is 0. The van der Waals surface area contributed by atoms with E-state index in [4.69, 9.17) is 4.74 Å². The number of aromatic nitrogens is 2. The van der Waals surface area contributed by atoms with Crippen LogP contribution in [0, 0.1) is 0 Å². The molecule has 0 aliphatic rings. The van der Waals surface area contributed by atoms with Crippen LogP contribution < -0.4 is 10.2 Å². The normalized spacial score (nSPS) is 10.6. The topological polar surface area (TPSA) is 104 Å². The SMILES string of the molecule is O=C(CCNC(=O)c1n[nH]c2ccccc12)OCC(=O)N(Cc1ccccc1)c1ccccc1. The molecule has 0 bridgehead atoms. The number of carbonyl (C=O) groups excluding carboxylic acids is 3. The van der Waals surface area contributed by atoms with Crippen LogP contribution in [0.1, 0.15) is 22.5 Å². The molecule has 8 nitrogen and oxygen atoms in total. The molecular weight excluding hydrogens is 432 g/mol. The van der Waals surface area contributed by atoms with E-state index in [9.17, 15) is 14.4 Å². The highest BCUT2D eigenvalue weighted by atomic mass is 16.5. The van der Waals surface area contributed by atoms with Crippen molar-refractivity contribution in [2.45, 2.75) is 13.0 Å². The molecule has 2 amide bonds. The number of amides is 2. The van der Waals surface area contributed by atoms with Gasteiger partial charge in [-0.2, -0.15) is 5.10 Å². The van der Waals surface area contributed by atoms with Gasteiger partial charge in [0.1, 0.15) is 0 Å². The molecule has 34 heavy (non-hydrogen) atoms. The number of nitrogens with one attached hydrogen (secondary N) is 2. The number of anilines is 1. The van der Waals surface area contributed by atoms with E-state index in [-0.39, 0.29) is 30.5 Å². The minimum Gasteiger partial charge on any atom is -0.455 e. The first kappa shape index (κ1) is 22.7. The molecule has 0 saturated carbocycles. The summed E-state index contributed by atoms with van der Waals surface area (Å²) in [6.45, 7) is 0.0346. The van der Waals surface area contributed by atoms with E-state index in [0.29, 0.717) is 17.6 Å². The average Bonchev–Trinajstić information content (AvgIpc) is 3.31. The van der Waals surface area contributed by atoms with Crippen molar-refractivity contribution in [3.05, 3.63) is 96.2 Å². The van der Waals surface area contributed by atoms with Gasteiger partial charge in [-0.25, -0.2) is 0 Å². The van der Waals surface area contributed by atoms with Crippen molar-refractivity contribution in [1.29, 1.82) is 0 Å². The lowest BCUT2D eigenvalue weighted by Gasteiger charge is -2.23. The van der Waals surface area contributed by atoms with Gasteiger partial charge < -0.3 is 15.0 Å². The number of carbonyl (C=O) groups is 3. The first-order valence-electron chi connectivity index (χ1n) is 10.9. The predicted octanol–water partition coefficient (Wildman–Crippen LogP) is 3.46. The van der Waals surface area contributed by atoms with Gasteiger partial charge in [0, 0.05) is 17.6 Å². The highest BCUT2D eigenvalue weighted by molar-refractivity contribution is 6.04. The van der Waals surface area contributed by atoms with Gasteiger partial charge in [-0.3, -0.25) is 19.5 Å². The number of H-pyrrole nitrogens is 1. The van der Waals surface area contributed by atoms with E-state index in [0.717, 1.165) is 11.1 Å². The zero-order chi connectivity index (χ0) is 23.8. The Labute approximate surface area is 196 Å². The number of nitrogens with zero attached hydrogens (tertiary/aromatic N) is 2. The van der Waals surface area contributed by atoms with Crippen molar-refractivity contribution in [2.24, 2.45) is 0 Å². The van der Waals surface area contributed by atoms with Crippen molar-refractivity contribution in [2.75, 3.05) is 18.1 Å². The molecular formula is C26H24N4O4. The molecule has 8 heteroatoms. The van der Waals surface area contributed by atoms with Crippen LogP contribution in [-0.2, 0) is 20.9 Å². The lowest BCUT2D eigenvalue weighted by molar-refractivity contribution is -0.147. The van der Waals surface area contributed by atoms with Crippen LogP contribution in [0.5, 0.6) is 0 Å². The van der Waals surface area contributed by atoms with Crippen LogP contribution in [0.4, 0.5) is 5.69 Å². The lowest BCUT2D eigenvalue weighted by Crippen LogP contribution is -2.34. The Kier molecular flexibility index (Phi) is 7.29. The molecule has 3 aromatic carbocycles. The van der Waals surface area contributed by atoms with Crippen molar-refractivity contribution in [3.8, 4) is 0 Å². The van der Waals surface area contributed by atoms with E-state index in [1.54, 1.807) is 11.0 Å². The van der Waals surface area contributed by atoms with Gasteiger partial charge in [0.15, 0.2) is 12.3 Å². The molecule has 0 atom stereocenters. The predicted molar refractivity (Wildman–Crippen MR) is 128 cm³/mol. The van der Waals surface area contributed by atoms with Gasteiger partial charge in [-0.1, -0.05) is 66.7 Å². The molecule has 2 N–H and O–H groups in total. The Bertz CT molecular complexity index is 1270. The number of ether oxygens (including phenoxy) is 1. The number of fused-ring (bicyclic) bond motifs is 1. The number of hydrogen-bond acceptors (Lipinski definition) is 5. The maximum Gasteiger partial charge on any atom is 0.308 e. The molecule has 0 spiro atoms. The Balaban J connectivity index is 1.28. The van der Waals surface area contributed by atoms with E-state index in [1.165, 1.54) is 0 Å². The molecule has 172 valence electrons. The first-order chi connectivity index (χ1) is 16.6. The summed E-state index contributed by atoms with van der Waals surface area (Å²) in [6.07, 6.45) is -0.0641. The smallest absolute Gasteiger partial charge is 0.308 e. The van der Waals surface area contributed by atoms with Crippen molar-refractivity contribution < 1.29 is 19.1 Å². The zero-order valence-corrected chi connectivity index (χ0v) is 18.4. The molecule has 0 unspecified atom stereocenters. The van der Waals surface area contributed by atoms with Crippen LogP contribution in [0.3, 0.4) is 0 Å². The third kappa shape index (κ3) is 5.66. The molecule has 4 rings (SSSR count). The number of rotatable bonds is 9. The number of hydrogen-bond donors (Lipinski definition) is 2. The van der Waals surface area contributed by atoms with Crippen molar-refractivity contribution >= 4 is 34.4 Å². The fourth-order valence-corrected chi connectivity index (χ4v) is 3.49. The third-order valence-electron chi connectivity index (χ3n) is 5.21. The number of benzene rings is 3. The molecule has 0 aliphatic carbocycles. The zero-order valence-electron chi connectivity index (χ0n) is 18.4. The van der Waals surface area contributed by atoms with Crippen LogP contribution in [-0.4, -0.2) is 41.1 Å². The molecule has 0 aliphatic heterocycles. The van der Waals surface area contributed by atoms with E-state index in [1.807, 2.05) is 78.9 Å². The van der Waals surface area contributed by atoms with Gasteiger partial charge in [0.2, 0.25) is 0 Å². The molecule has 1 aromatic heterocycles. The van der Waals surface area contributed by atoms with Crippen molar-refractivity contribution in [1.82, 2.24) is 15.5 Å². The summed E-state index contributed by atoms with van der Waals surface area (Å²) in [5.41, 5.74) is 2.69. The monoisotopic (exact) mass is 456 g/mol. The van der Waals surface area contributed by atoms with Crippen LogP contribution in [0.15, 0.2) is 84.9 Å². The average molecular weight is 457 g/mol. The van der Waals surface area contributed by atoms with E-state index in [2.05, 4.69) is 15.5 Å². The summed E-state index contributed by atoms with van der Waals surface area (Å²) in [7, 11) is 0. The Hall–Kier alpha value is -4.46. The van der Waals surface area contributed by atoms with Gasteiger partial charge in [0.25, 0.3) is 11.8 Å². The highest BCUT2D eigenvalue weighted by Gasteiger charge is 2.19. The maximum absolute atomic E-state index is 12.9. The minimum atomic E-state index is -0.576. The van der Waals surface area contributed by atoms with Gasteiger partial charge >= 0.3 is 5.97 Å². The number of aromatic amines is 1. The molecule has 0 radical (unpaired) electrons. The lowest BCUT2D eigenvalue weighted by atomic mass is 10.2. The maximum atomic E-state index is 12.9. The van der Waals surface area contributed by atoms with Gasteiger partial charge in [-0.15, -0.1) is 0 Å². The fourth-order valence-electron chi connectivity index (χ4n) is 3.49. The summed E-state index contributed by atoms with van der Waals surface area (Å²) in [5.74, 6) is -1.30. The standard InChI is InChI=1S/C26H24N4O4/c31-23(30(20-11-5-2-6-12-20)17-19-9-3-1-4-10-19)18-34-24(32)15-16-27-26(33)25-21-13-7-8-14-22(21)28-29-25/h1-14H,15-18H2,(H,27,33)(H,28,29). The fraction of sp³-hybridized carbons (Fsp3) is 0.154. The van der Waals surface area contributed by atoms with Crippen LogP contribution in [0.2, 0.25) is 0 Å². The summed E-state index contributed by atoms with van der Waals surface area (Å²) in [6, 6.07) is 26.1. The second-order valence-corrected chi connectivity index (χ2v) is 7.59. The number of para-hydroxylation sites is 2. The van der Waals surface area contributed by atoms with E-state index < -0.39 is 12.6 Å². The summed E-state index contributed by atoms with van der Waals surface area (Å²) < 4.78 is 5.18. The minimum absolute atomic E-state index is 0.0641. The highest BCUT2D eigenvalue weighted by Crippen LogP contribution is 2.17. The quantitative estimate of drug-likeness (QED) is 0.376. The number of esters is 1. The van der Waals surface area contributed by atoms with Crippen molar-refractivity contribution in [3.63, 3.8) is 0 Å². The Morgan fingerprint density at radius 2 is 1.56 bits per heavy atom. The second-order valence-electron chi connectivity index (χ2n) is 7.59.